The Morgan fingerprint density at radius 1 is 1.39 bits per heavy atom. The van der Waals surface area contributed by atoms with Crippen molar-refractivity contribution in [3.63, 3.8) is 0 Å². The molecule has 4 nitrogen and oxygen atoms in total. The molecule has 0 radical (unpaired) electrons. The lowest BCUT2D eigenvalue weighted by molar-refractivity contribution is 0.456. The number of hydrogen-bond acceptors (Lipinski definition) is 4. The summed E-state index contributed by atoms with van der Waals surface area (Å²) < 4.78 is 24.2. The van der Waals surface area contributed by atoms with Crippen molar-refractivity contribution in [1.82, 2.24) is 10.3 Å². The average Bonchev–Trinajstić information content (AvgIpc) is 2.37. The van der Waals surface area contributed by atoms with Crippen molar-refractivity contribution in [2.24, 2.45) is 0 Å². The van der Waals surface area contributed by atoms with E-state index in [0.29, 0.717) is 5.75 Å². The Labute approximate surface area is 109 Å². The van der Waals surface area contributed by atoms with E-state index in [-0.39, 0.29) is 11.3 Å². The fourth-order valence-electron chi connectivity index (χ4n) is 2.62. The number of rotatable bonds is 4. The minimum absolute atomic E-state index is 0.00213. The van der Waals surface area contributed by atoms with Crippen LogP contribution in [0.4, 0.5) is 0 Å². The number of sulfone groups is 1. The van der Waals surface area contributed by atoms with Crippen molar-refractivity contribution >= 4 is 9.84 Å². The summed E-state index contributed by atoms with van der Waals surface area (Å²) in [4.78, 5) is 3.98. The summed E-state index contributed by atoms with van der Waals surface area (Å²) >= 11 is 0. The lowest BCUT2D eigenvalue weighted by atomic mass is 10.0. The van der Waals surface area contributed by atoms with Crippen molar-refractivity contribution in [2.75, 3.05) is 12.8 Å². The second kappa shape index (κ2) is 5.80. The number of nitrogens with one attached hydrogen (secondary N) is 1. The molecule has 0 aliphatic carbocycles. The van der Waals surface area contributed by atoms with Gasteiger partial charge in [0.2, 0.25) is 0 Å². The van der Waals surface area contributed by atoms with Gasteiger partial charge in [-0.05, 0) is 44.0 Å². The van der Waals surface area contributed by atoms with Crippen LogP contribution in [0.15, 0.2) is 24.5 Å². The Balaban J connectivity index is 2.13. The third kappa shape index (κ3) is 3.09. The van der Waals surface area contributed by atoms with E-state index < -0.39 is 9.84 Å². The zero-order chi connectivity index (χ0) is 13.0. The van der Waals surface area contributed by atoms with E-state index in [4.69, 9.17) is 0 Å². The predicted molar refractivity (Wildman–Crippen MR) is 72.2 cm³/mol. The van der Waals surface area contributed by atoms with E-state index in [1.165, 1.54) is 0 Å². The number of hydrogen-bond donors (Lipinski definition) is 1. The molecular weight excluding hydrogens is 248 g/mol. The van der Waals surface area contributed by atoms with Gasteiger partial charge in [-0.15, -0.1) is 0 Å². The van der Waals surface area contributed by atoms with Gasteiger partial charge in [-0.2, -0.15) is 0 Å². The van der Waals surface area contributed by atoms with Crippen LogP contribution in [-0.2, 0) is 16.3 Å². The van der Waals surface area contributed by atoms with Crippen molar-refractivity contribution in [1.29, 1.82) is 0 Å². The molecule has 0 aromatic carbocycles. The number of pyridine rings is 1. The van der Waals surface area contributed by atoms with Crippen molar-refractivity contribution in [3.05, 3.63) is 30.1 Å². The third-order valence-electron chi connectivity index (χ3n) is 3.65. The summed E-state index contributed by atoms with van der Waals surface area (Å²) in [6.07, 6.45) is 6.83. The summed E-state index contributed by atoms with van der Waals surface area (Å²) in [7, 11) is -1.09. The predicted octanol–water partition coefficient (Wildman–Crippen LogP) is 1.18. The molecule has 1 aromatic rings. The highest BCUT2D eigenvalue weighted by atomic mass is 32.2. The van der Waals surface area contributed by atoms with Crippen molar-refractivity contribution < 1.29 is 8.42 Å². The van der Waals surface area contributed by atoms with Gasteiger partial charge >= 0.3 is 0 Å². The molecule has 2 atom stereocenters. The normalized spacial score (nSPS) is 24.6. The maximum absolute atomic E-state index is 12.1. The lowest BCUT2D eigenvalue weighted by Crippen LogP contribution is -2.46. The fraction of sp³-hybridized carbons (Fsp3) is 0.615. The van der Waals surface area contributed by atoms with Crippen LogP contribution in [0.3, 0.4) is 0 Å². The van der Waals surface area contributed by atoms with Gasteiger partial charge in [0.1, 0.15) is 0 Å². The molecule has 100 valence electrons. The Morgan fingerprint density at radius 2 is 2.11 bits per heavy atom. The second-order valence-electron chi connectivity index (χ2n) is 4.86. The Bertz CT molecular complexity index is 473. The maximum atomic E-state index is 12.1. The van der Waals surface area contributed by atoms with Gasteiger partial charge in [-0.1, -0.05) is 6.42 Å². The molecule has 18 heavy (non-hydrogen) atoms. The molecule has 1 saturated heterocycles. The fourth-order valence-corrected chi connectivity index (χ4v) is 4.79. The first kappa shape index (κ1) is 13.5. The standard InChI is InChI=1S/C13H20N2O2S/c1-14-12(10-11-5-7-15-8-6-11)13-4-2-3-9-18(13,16)17/h5-8,12-14H,2-4,9-10H2,1H3. The van der Waals surface area contributed by atoms with Gasteiger partial charge in [0.15, 0.2) is 9.84 Å². The number of aromatic nitrogens is 1. The summed E-state index contributed by atoms with van der Waals surface area (Å²) in [5, 5.41) is 2.93. The number of nitrogens with zero attached hydrogens (tertiary/aromatic N) is 1. The average molecular weight is 268 g/mol. The summed E-state index contributed by atoms with van der Waals surface area (Å²) in [6, 6.07) is 3.89. The van der Waals surface area contributed by atoms with Gasteiger partial charge in [-0.3, -0.25) is 4.98 Å². The van der Waals surface area contributed by atoms with Crippen LogP contribution >= 0.6 is 0 Å². The highest BCUT2D eigenvalue weighted by molar-refractivity contribution is 7.92. The molecule has 0 amide bonds. The molecule has 2 rings (SSSR count). The lowest BCUT2D eigenvalue weighted by Gasteiger charge is -2.30. The second-order valence-corrected chi connectivity index (χ2v) is 7.20. The molecule has 0 spiro atoms. The molecule has 2 unspecified atom stereocenters. The van der Waals surface area contributed by atoms with Crippen molar-refractivity contribution in [3.8, 4) is 0 Å². The molecule has 0 bridgehead atoms. The van der Waals surface area contributed by atoms with E-state index in [2.05, 4.69) is 10.3 Å². The van der Waals surface area contributed by atoms with Crippen LogP contribution in [0.5, 0.6) is 0 Å². The van der Waals surface area contributed by atoms with E-state index in [1.54, 1.807) is 12.4 Å². The highest BCUT2D eigenvalue weighted by Gasteiger charge is 2.34. The summed E-state index contributed by atoms with van der Waals surface area (Å²) in [6.45, 7) is 0. The van der Waals surface area contributed by atoms with Crippen LogP contribution in [-0.4, -0.2) is 37.5 Å². The smallest absolute Gasteiger partial charge is 0.154 e. The molecule has 1 aliphatic rings. The van der Waals surface area contributed by atoms with Crippen LogP contribution in [0.2, 0.25) is 0 Å². The topological polar surface area (TPSA) is 59.1 Å². The highest BCUT2D eigenvalue weighted by Crippen LogP contribution is 2.24. The van der Waals surface area contributed by atoms with E-state index in [0.717, 1.165) is 31.2 Å². The quantitative estimate of drug-likeness (QED) is 0.891. The van der Waals surface area contributed by atoms with Gasteiger partial charge in [-0.25, -0.2) is 8.42 Å². The van der Waals surface area contributed by atoms with Crippen LogP contribution in [0.25, 0.3) is 0 Å². The largest absolute Gasteiger partial charge is 0.315 e. The molecular formula is C13H20N2O2S. The summed E-state index contributed by atoms with van der Waals surface area (Å²) in [5.41, 5.74) is 1.13. The number of likely N-dealkylation sites (N-methyl/N-ethyl adjacent to an activating group) is 1. The molecule has 1 fully saturated rings. The maximum Gasteiger partial charge on any atom is 0.154 e. The molecule has 1 aromatic heterocycles. The SMILES string of the molecule is CNC(Cc1ccncc1)C1CCCCS1(=O)=O. The van der Waals surface area contributed by atoms with Crippen LogP contribution < -0.4 is 5.32 Å². The minimum Gasteiger partial charge on any atom is -0.315 e. The van der Waals surface area contributed by atoms with Crippen molar-refractivity contribution in [2.45, 2.75) is 37.0 Å². The molecule has 0 saturated carbocycles. The zero-order valence-electron chi connectivity index (χ0n) is 10.7. The Kier molecular flexibility index (Phi) is 4.35. The van der Waals surface area contributed by atoms with Gasteiger partial charge < -0.3 is 5.32 Å². The zero-order valence-corrected chi connectivity index (χ0v) is 11.5. The first-order valence-corrected chi connectivity index (χ1v) is 8.13. The van der Waals surface area contributed by atoms with E-state index >= 15 is 0 Å². The first-order chi connectivity index (χ1) is 8.63. The molecule has 5 heteroatoms. The molecule has 2 heterocycles. The van der Waals surface area contributed by atoms with Crippen LogP contribution in [0, 0.1) is 0 Å². The minimum atomic E-state index is -2.93. The summed E-state index contributed by atoms with van der Waals surface area (Å²) in [5.74, 6) is 0.339. The van der Waals surface area contributed by atoms with Gasteiger partial charge in [0, 0.05) is 18.4 Å². The third-order valence-corrected chi connectivity index (χ3v) is 6.00. The Hall–Kier alpha value is -0.940. The molecule has 1 aliphatic heterocycles. The monoisotopic (exact) mass is 268 g/mol. The Morgan fingerprint density at radius 3 is 2.72 bits per heavy atom. The van der Waals surface area contributed by atoms with Crippen LogP contribution in [0.1, 0.15) is 24.8 Å². The van der Waals surface area contributed by atoms with E-state index in [9.17, 15) is 8.42 Å². The van der Waals surface area contributed by atoms with E-state index in [1.807, 2.05) is 19.2 Å². The van der Waals surface area contributed by atoms with Gasteiger partial charge in [0.05, 0.1) is 11.0 Å². The molecule has 1 N–H and O–H groups in total. The first-order valence-electron chi connectivity index (χ1n) is 6.41. The van der Waals surface area contributed by atoms with Gasteiger partial charge in [0.25, 0.3) is 0 Å².